The monoisotopic (exact) mass is 461 g/mol. The number of hydrogen-bond acceptors (Lipinski definition) is 3. The summed E-state index contributed by atoms with van der Waals surface area (Å²) in [5.74, 6) is 0. The summed E-state index contributed by atoms with van der Waals surface area (Å²) in [4.78, 5) is 2.52. The van der Waals surface area contributed by atoms with Gasteiger partial charge in [-0.15, -0.1) is 0 Å². The van der Waals surface area contributed by atoms with Crippen LogP contribution < -0.4 is 0 Å². The number of benzene rings is 4. The Morgan fingerprint density at radius 3 is 1.74 bits per heavy atom. The lowest BCUT2D eigenvalue weighted by Crippen LogP contribution is -2.36. The van der Waals surface area contributed by atoms with Gasteiger partial charge in [0.1, 0.15) is 11.7 Å². The third-order valence-corrected chi connectivity index (χ3v) is 7.34. The molecule has 176 valence electrons. The molecule has 2 aliphatic heterocycles. The van der Waals surface area contributed by atoms with Gasteiger partial charge in [-0.05, 0) is 34.2 Å². The van der Waals surface area contributed by atoms with Gasteiger partial charge in [0.25, 0.3) is 0 Å². The second-order valence-corrected chi connectivity index (χ2v) is 9.56. The van der Waals surface area contributed by atoms with E-state index in [1.165, 1.54) is 11.1 Å². The number of rotatable bonds is 8. The van der Waals surface area contributed by atoms with Gasteiger partial charge in [0, 0.05) is 19.6 Å². The molecule has 4 aromatic rings. The molecule has 0 radical (unpaired) electrons. The number of hydrogen-bond donors (Lipinski definition) is 0. The van der Waals surface area contributed by atoms with Gasteiger partial charge < -0.3 is 9.47 Å². The van der Waals surface area contributed by atoms with Gasteiger partial charge >= 0.3 is 0 Å². The SMILES string of the molecule is c1ccc(C(OCC2OC2CN2CCc3ccccc3C2)(c2ccccc2)c2ccccc2)cc1. The van der Waals surface area contributed by atoms with E-state index in [0.717, 1.165) is 42.7 Å². The molecule has 0 amide bonds. The smallest absolute Gasteiger partial charge is 0.143 e. The molecule has 4 aromatic carbocycles. The van der Waals surface area contributed by atoms with Gasteiger partial charge in [0.05, 0.1) is 12.7 Å². The highest BCUT2D eigenvalue weighted by atomic mass is 16.6. The van der Waals surface area contributed by atoms with Crippen molar-refractivity contribution in [1.82, 2.24) is 4.90 Å². The molecule has 1 fully saturated rings. The molecule has 3 nitrogen and oxygen atoms in total. The van der Waals surface area contributed by atoms with Crippen molar-refractivity contribution in [3.63, 3.8) is 0 Å². The summed E-state index contributed by atoms with van der Waals surface area (Å²) in [5, 5.41) is 0. The van der Waals surface area contributed by atoms with E-state index in [1.54, 1.807) is 0 Å². The quantitative estimate of drug-likeness (QED) is 0.244. The molecule has 0 spiro atoms. The molecule has 2 atom stereocenters. The maximum atomic E-state index is 6.94. The van der Waals surface area contributed by atoms with E-state index in [1.807, 2.05) is 0 Å². The number of nitrogens with zero attached hydrogens (tertiary/aromatic N) is 1. The number of ether oxygens (including phenoxy) is 2. The summed E-state index contributed by atoms with van der Waals surface area (Å²) < 4.78 is 13.1. The van der Waals surface area contributed by atoms with Crippen LogP contribution in [0.25, 0.3) is 0 Å². The van der Waals surface area contributed by atoms with Crippen LogP contribution in [-0.2, 0) is 28.0 Å². The lowest BCUT2D eigenvalue weighted by atomic mass is 9.80. The Morgan fingerprint density at radius 1 is 0.657 bits per heavy atom. The van der Waals surface area contributed by atoms with Crippen LogP contribution in [0.15, 0.2) is 115 Å². The topological polar surface area (TPSA) is 25.0 Å². The van der Waals surface area contributed by atoms with Crippen molar-refractivity contribution in [2.45, 2.75) is 30.8 Å². The average molecular weight is 462 g/mol. The third-order valence-electron chi connectivity index (χ3n) is 7.34. The second kappa shape index (κ2) is 9.79. The van der Waals surface area contributed by atoms with E-state index in [9.17, 15) is 0 Å². The fraction of sp³-hybridized carbons (Fsp3) is 0.250. The van der Waals surface area contributed by atoms with Crippen molar-refractivity contribution in [2.75, 3.05) is 19.7 Å². The average Bonchev–Trinajstić information content (AvgIpc) is 3.68. The minimum atomic E-state index is -0.690. The van der Waals surface area contributed by atoms with Crippen molar-refractivity contribution in [3.05, 3.63) is 143 Å². The Hall–Kier alpha value is -3.24. The number of fused-ring (bicyclic) bond motifs is 1. The maximum absolute atomic E-state index is 6.94. The Bertz CT molecular complexity index is 1150. The van der Waals surface area contributed by atoms with Crippen LogP contribution in [-0.4, -0.2) is 36.8 Å². The van der Waals surface area contributed by atoms with Gasteiger partial charge in [0.2, 0.25) is 0 Å². The molecule has 0 aromatic heterocycles. The van der Waals surface area contributed by atoms with Crippen LogP contribution in [0.4, 0.5) is 0 Å². The van der Waals surface area contributed by atoms with E-state index in [2.05, 4.69) is 120 Å². The first-order valence-electron chi connectivity index (χ1n) is 12.6. The lowest BCUT2D eigenvalue weighted by molar-refractivity contribution is 0.00426. The highest BCUT2D eigenvalue weighted by Crippen LogP contribution is 2.41. The normalized spacial score (nSPS) is 19.8. The molecule has 35 heavy (non-hydrogen) atoms. The first-order valence-corrected chi connectivity index (χ1v) is 12.6. The van der Waals surface area contributed by atoms with E-state index in [4.69, 9.17) is 9.47 Å². The third kappa shape index (κ3) is 4.55. The largest absolute Gasteiger partial charge is 0.366 e. The number of epoxide rings is 1. The Labute approximate surface area is 207 Å². The van der Waals surface area contributed by atoms with Crippen LogP contribution in [0.1, 0.15) is 27.8 Å². The van der Waals surface area contributed by atoms with Crippen molar-refractivity contribution < 1.29 is 9.47 Å². The van der Waals surface area contributed by atoms with Crippen LogP contribution >= 0.6 is 0 Å². The van der Waals surface area contributed by atoms with Crippen molar-refractivity contribution in [2.24, 2.45) is 0 Å². The summed E-state index contributed by atoms with van der Waals surface area (Å²) in [7, 11) is 0. The molecular formula is C32H31NO2. The molecule has 2 unspecified atom stereocenters. The summed E-state index contributed by atoms with van der Waals surface area (Å²) >= 11 is 0. The molecule has 2 aliphatic rings. The van der Waals surface area contributed by atoms with Crippen LogP contribution in [0.3, 0.4) is 0 Å². The molecule has 0 saturated carbocycles. The molecule has 6 rings (SSSR count). The molecular weight excluding hydrogens is 430 g/mol. The van der Waals surface area contributed by atoms with Crippen molar-refractivity contribution >= 4 is 0 Å². The van der Waals surface area contributed by atoms with Crippen molar-refractivity contribution in [3.8, 4) is 0 Å². The summed E-state index contributed by atoms with van der Waals surface area (Å²) in [6.45, 7) is 3.60. The zero-order chi connectivity index (χ0) is 23.5. The Morgan fingerprint density at radius 2 is 1.17 bits per heavy atom. The first-order chi connectivity index (χ1) is 17.3. The first kappa shape index (κ1) is 22.2. The van der Waals surface area contributed by atoms with Gasteiger partial charge in [-0.25, -0.2) is 0 Å². The molecule has 0 N–H and O–H groups in total. The zero-order valence-corrected chi connectivity index (χ0v) is 19.9. The predicted octanol–water partition coefficient (Wildman–Crippen LogP) is 5.82. The molecule has 0 aliphatic carbocycles. The molecule has 1 saturated heterocycles. The highest BCUT2D eigenvalue weighted by Gasteiger charge is 2.44. The van der Waals surface area contributed by atoms with Crippen LogP contribution in [0.5, 0.6) is 0 Å². The zero-order valence-electron chi connectivity index (χ0n) is 19.9. The Balaban J connectivity index is 1.22. The second-order valence-electron chi connectivity index (χ2n) is 9.56. The Kier molecular flexibility index (Phi) is 6.22. The van der Waals surface area contributed by atoms with Crippen molar-refractivity contribution in [1.29, 1.82) is 0 Å². The van der Waals surface area contributed by atoms with E-state index in [0.29, 0.717) is 6.61 Å². The maximum Gasteiger partial charge on any atom is 0.143 e. The van der Waals surface area contributed by atoms with Gasteiger partial charge in [0.15, 0.2) is 0 Å². The summed E-state index contributed by atoms with van der Waals surface area (Å²) in [5.41, 5.74) is 5.62. The molecule has 0 bridgehead atoms. The van der Waals surface area contributed by atoms with Gasteiger partial charge in [-0.1, -0.05) is 115 Å². The lowest BCUT2D eigenvalue weighted by Gasteiger charge is -2.36. The standard InChI is InChI=1S/C32H31NO2/c1-4-14-27(15-5-1)32(28-16-6-2-7-17-28,29-18-8-3-9-19-29)34-24-31-30(35-31)23-33-21-20-25-12-10-11-13-26(25)22-33/h1-19,30-31H,20-24H2. The van der Waals surface area contributed by atoms with Crippen LogP contribution in [0.2, 0.25) is 0 Å². The fourth-order valence-corrected chi connectivity index (χ4v) is 5.43. The predicted molar refractivity (Wildman–Crippen MR) is 139 cm³/mol. The van der Waals surface area contributed by atoms with Gasteiger partial charge in [-0.3, -0.25) is 4.90 Å². The minimum absolute atomic E-state index is 0.114. The van der Waals surface area contributed by atoms with E-state index >= 15 is 0 Å². The summed E-state index contributed by atoms with van der Waals surface area (Å²) in [6, 6.07) is 40.5. The molecule has 2 heterocycles. The fourth-order valence-electron chi connectivity index (χ4n) is 5.43. The highest BCUT2D eigenvalue weighted by molar-refractivity contribution is 5.47. The van der Waals surface area contributed by atoms with E-state index < -0.39 is 5.60 Å². The molecule has 3 heteroatoms. The van der Waals surface area contributed by atoms with E-state index in [-0.39, 0.29) is 12.2 Å². The summed E-state index contributed by atoms with van der Waals surface area (Å²) in [6.07, 6.45) is 1.45. The minimum Gasteiger partial charge on any atom is -0.366 e. The van der Waals surface area contributed by atoms with Gasteiger partial charge in [-0.2, -0.15) is 0 Å². The van der Waals surface area contributed by atoms with Crippen LogP contribution in [0, 0.1) is 0 Å².